The van der Waals surface area contributed by atoms with Gasteiger partial charge in [0.1, 0.15) is 28.8 Å². The minimum Gasteiger partial charge on any atom is -0.462 e. The van der Waals surface area contributed by atoms with Crippen LogP contribution in [0.3, 0.4) is 0 Å². The van der Waals surface area contributed by atoms with Crippen molar-refractivity contribution in [3.63, 3.8) is 0 Å². The van der Waals surface area contributed by atoms with Gasteiger partial charge >= 0.3 is 11.9 Å². The van der Waals surface area contributed by atoms with Crippen LogP contribution in [0.15, 0.2) is 66.9 Å². The number of aryl methyl sites for hydroxylation is 1. The molecule has 0 amide bonds. The van der Waals surface area contributed by atoms with Crippen LogP contribution >= 0.6 is 0 Å². The Hall–Kier alpha value is -4.06. The molecule has 0 saturated carbocycles. The highest BCUT2D eigenvalue weighted by molar-refractivity contribution is 5.97. The van der Waals surface area contributed by atoms with E-state index >= 15 is 0 Å². The molecule has 0 aromatic heterocycles. The molecule has 0 bridgehead atoms. The third kappa shape index (κ3) is 7.33. The van der Waals surface area contributed by atoms with Crippen molar-refractivity contribution in [2.75, 3.05) is 0 Å². The molecule has 0 aliphatic carbocycles. The van der Waals surface area contributed by atoms with Gasteiger partial charge in [0.2, 0.25) is 0 Å². The number of carbonyl (C=O) groups excluding carboxylic acids is 2. The van der Waals surface area contributed by atoms with Gasteiger partial charge in [-0.25, -0.2) is 4.79 Å². The average molecular weight is 655 g/mol. The van der Waals surface area contributed by atoms with Gasteiger partial charge in [0.25, 0.3) is 0 Å². The fourth-order valence-electron chi connectivity index (χ4n) is 7.28. The second kappa shape index (κ2) is 12.8. The lowest BCUT2D eigenvalue weighted by molar-refractivity contribution is -0.145. The van der Waals surface area contributed by atoms with E-state index < -0.39 is 17.0 Å². The maximum absolute atomic E-state index is 13.4. The minimum absolute atomic E-state index is 0.0529. The van der Waals surface area contributed by atoms with Crippen LogP contribution in [0.5, 0.6) is 23.0 Å². The molecule has 3 aromatic rings. The molecule has 2 aliphatic rings. The van der Waals surface area contributed by atoms with Crippen LogP contribution in [0.1, 0.15) is 129 Å². The van der Waals surface area contributed by atoms with Crippen LogP contribution in [0.2, 0.25) is 0 Å². The third-order valence-corrected chi connectivity index (χ3v) is 8.61. The molecule has 2 heterocycles. The lowest BCUT2D eigenvalue weighted by Crippen LogP contribution is -2.34. The van der Waals surface area contributed by atoms with Gasteiger partial charge in [0.05, 0.1) is 11.0 Å². The number of hydrogen-bond acceptors (Lipinski definition) is 6. The fraction of sp³-hybridized carbons (Fsp3) is 0.476. The van der Waals surface area contributed by atoms with Gasteiger partial charge in [-0.3, -0.25) is 4.79 Å². The molecule has 0 radical (unpaired) electrons. The van der Waals surface area contributed by atoms with E-state index in [2.05, 4.69) is 62.0 Å². The van der Waals surface area contributed by atoms with Gasteiger partial charge in [-0.1, -0.05) is 93.5 Å². The van der Waals surface area contributed by atoms with Gasteiger partial charge in [-0.15, -0.1) is 0 Å². The van der Waals surface area contributed by atoms with Crippen LogP contribution in [0.4, 0.5) is 0 Å². The number of hydrogen-bond donors (Lipinski definition) is 0. The first-order chi connectivity index (χ1) is 22.1. The number of allylic oxidation sites excluding steroid dienone is 1. The molecule has 3 aromatic carbocycles. The van der Waals surface area contributed by atoms with E-state index in [1.54, 1.807) is 12.1 Å². The molecule has 258 valence electrons. The number of rotatable bonds is 7. The van der Waals surface area contributed by atoms with Gasteiger partial charge < -0.3 is 18.9 Å². The molecule has 6 nitrogen and oxygen atoms in total. The van der Waals surface area contributed by atoms with Gasteiger partial charge in [0, 0.05) is 34.2 Å². The number of ether oxygens (including phenoxy) is 4. The van der Waals surface area contributed by atoms with Crippen LogP contribution in [-0.2, 0) is 15.1 Å². The summed E-state index contributed by atoms with van der Waals surface area (Å²) < 4.78 is 25.1. The van der Waals surface area contributed by atoms with E-state index in [-0.39, 0.29) is 22.2 Å². The Kier molecular flexibility index (Phi) is 9.77. The predicted octanol–water partition coefficient (Wildman–Crippen LogP) is 11.3. The first kappa shape index (κ1) is 36.8. The summed E-state index contributed by atoms with van der Waals surface area (Å²) in [5.74, 6) is 1.73. The lowest BCUT2D eigenvalue weighted by Gasteiger charge is -2.37. The second-order valence-corrected chi connectivity index (χ2v) is 16.7. The monoisotopic (exact) mass is 654 g/mol. The minimum atomic E-state index is -1.25. The van der Waals surface area contributed by atoms with Gasteiger partial charge in [-0.05, 0) is 74.8 Å². The van der Waals surface area contributed by atoms with Crippen LogP contribution in [0.25, 0.3) is 0 Å². The molecule has 5 rings (SSSR count). The highest BCUT2D eigenvalue weighted by atomic mass is 16.6. The van der Waals surface area contributed by atoms with Crippen molar-refractivity contribution in [2.45, 2.75) is 108 Å². The summed E-state index contributed by atoms with van der Waals surface area (Å²) in [5, 5.41) is 0. The quantitative estimate of drug-likeness (QED) is 0.143. The zero-order chi connectivity index (χ0) is 36.0. The van der Waals surface area contributed by atoms with E-state index in [1.807, 2.05) is 77.1 Å². The Morgan fingerprint density at radius 2 is 1.19 bits per heavy atom. The Morgan fingerprint density at radius 1 is 0.708 bits per heavy atom. The molecule has 0 saturated heterocycles. The van der Waals surface area contributed by atoms with E-state index in [1.165, 1.54) is 0 Å². The maximum atomic E-state index is 13.4. The molecule has 6 heteroatoms. The first-order valence-electron chi connectivity index (χ1n) is 17.0. The summed E-state index contributed by atoms with van der Waals surface area (Å²) >= 11 is 0. The molecular formula is C42H54O6. The maximum Gasteiger partial charge on any atom is 0.340 e. The summed E-state index contributed by atoms with van der Waals surface area (Å²) in [4.78, 5) is 26.7. The fourth-order valence-corrected chi connectivity index (χ4v) is 7.28. The van der Waals surface area contributed by atoms with Crippen molar-refractivity contribution >= 4 is 11.9 Å². The number of benzene rings is 3. The van der Waals surface area contributed by atoms with E-state index in [0.29, 0.717) is 51.9 Å². The van der Waals surface area contributed by atoms with E-state index in [9.17, 15) is 9.59 Å². The summed E-state index contributed by atoms with van der Waals surface area (Å²) in [7, 11) is 0. The van der Waals surface area contributed by atoms with Crippen molar-refractivity contribution in [1.82, 2.24) is 0 Å². The Bertz CT molecular complexity index is 1640. The van der Waals surface area contributed by atoms with Crippen LogP contribution in [0, 0.1) is 28.6 Å². The zero-order valence-corrected chi connectivity index (χ0v) is 31.3. The predicted molar refractivity (Wildman–Crippen MR) is 192 cm³/mol. The molecule has 1 spiro atoms. The second-order valence-electron chi connectivity index (χ2n) is 16.7. The van der Waals surface area contributed by atoms with Crippen molar-refractivity contribution < 1.29 is 28.5 Å². The summed E-state index contributed by atoms with van der Waals surface area (Å²) in [6.07, 6.45) is 1.54. The van der Waals surface area contributed by atoms with Crippen molar-refractivity contribution in [2.24, 2.45) is 21.7 Å². The summed E-state index contributed by atoms with van der Waals surface area (Å²) in [6.45, 7) is 31.2. The SMILES string of the molecule is C=C(Oc1ccc2c(c1)Oc1cc(OC(=O)C(C)(C)CC(C)(C)C)ccc1C21OC(=O)c2cc(C)ccc21)C(C)(C)CC(C)(C)C.CC. The van der Waals surface area contributed by atoms with Crippen LogP contribution < -0.4 is 14.2 Å². The van der Waals surface area contributed by atoms with Crippen molar-refractivity contribution in [3.05, 3.63) is 94.8 Å². The normalized spacial score (nSPS) is 16.8. The molecular weight excluding hydrogens is 600 g/mol. The Morgan fingerprint density at radius 3 is 1.71 bits per heavy atom. The Labute approximate surface area is 287 Å². The first-order valence-corrected chi connectivity index (χ1v) is 17.0. The number of esters is 2. The smallest absolute Gasteiger partial charge is 0.340 e. The summed E-state index contributed by atoms with van der Waals surface area (Å²) in [5.41, 5.74) is 1.34. The topological polar surface area (TPSA) is 71.1 Å². The zero-order valence-electron chi connectivity index (χ0n) is 31.3. The standard InChI is InChI=1S/C40H48O6.C2H6/c1-24-13-16-29-28(19-24)34(41)46-40(29)30-17-14-26(43-25(2)38(9,10)22-36(3,4)5)20-32(30)45-33-21-27(15-18-31(33)40)44-35(42)39(11,12)23-37(6,7)8;1-2/h13-21H,2,22-23H2,1,3-12H3;1-2H3. The van der Waals surface area contributed by atoms with Crippen molar-refractivity contribution in [1.29, 1.82) is 0 Å². The molecule has 2 aliphatic heterocycles. The highest BCUT2D eigenvalue weighted by Gasteiger charge is 2.54. The molecule has 1 atom stereocenters. The average Bonchev–Trinajstić information content (AvgIpc) is 3.23. The number of carbonyl (C=O) groups is 2. The van der Waals surface area contributed by atoms with Gasteiger partial charge in [-0.2, -0.15) is 0 Å². The van der Waals surface area contributed by atoms with E-state index in [0.717, 1.165) is 17.5 Å². The molecule has 48 heavy (non-hydrogen) atoms. The van der Waals surface area contributed by atoms with Crippen LogP contribution in [-0.4, -0.2) is 11.9 Å². The Balaban J connectivity index is 0.00000255. The molecule has 0 N–H and O–H groups in total. The lowest BCUT2D eigenvalue weighted by atomic mass is 9.75. The largest absolute Gasteiger partial charge is 0.462 e. The molecule has 0 fully saturated rings. The van der Waals surface area contributed by atoms with Gasteiger partial charge in [0.15, 0.2) is 5.60 Å². The molecule has 1 unspecified atom stereocenters. The summed E-state index contributed by atoms with van der Waals surface area (Å²) in [6, 6.07) is 16.6. The van der Waals surface area contributed by atoms with E-state index in [4.69, 9.17) is 18.9 Å². The van der Waals surface area contributed by atoms with Crippen molar-refractivity contribution in [3.8, 4) is 23.0 Å². The highest BCUT2D eigenvalue weighted by Crippen LogP contribution is 2.57. The third-order valence-electron chi connectivity index (χ3n) is 8.61. The number of fused-ring (bicyclic) bond motifs is 6.